The molecule has 1 aromatic heterocycles. The molecular formula is C22H27N3O2. The van der Waals surface area contributed by atoms with Crippen LogP contribution in [0, 0.1) is 0 Å². The minimum Gasteiger partial charge on any atom is -0.489 e. The van der Waals surface area contributed by atoms with Crippen LogP contribution in [0.1, 0.15) is 41.6 Å². The molecule has 0 saturated carbocycles. The van der Waals surface area contributed by atoms with Crippen LogP contribution in [-0.4, -0.2) is 52.9 Å². The lowest BCUT2D eigenvalue weighted by atomic mass is 10.1. The van der Waals surface area contributed by atoms with Crippen molar-refractivity contribution in [2.75, 3.05) is 26.2 Å². The molecule has 1 amide bonds. The third-order valence-corrected chi connectivity index (χ3v) is 5.54. The highest BCUT2D eigenvalue weighted by atomic mass is 16.5. The van der Waals surface area contributed by atoms with Gasteiger partial charge in [0, 0.05) is 42.7 Å². The summed E-state index contributed by atoms with van der Waals surface area (Å²) in [5.41, 5.74) is 1.77. The van der Waals surface area contributed by atoms with Crippen LogP contribution < -0.4 is 4.74 Å². The Morgan fingerprint density at radius 1 is 1.07 bits per heavy atom. The monoisotopic (exact) mass is 365 g/mol. The van der Waals surface area contributed by atoms with Crippen molar-refractivity contribution in [3.8, 4) is 5.75 Å². The normalized spacial score (nSPS) is 20.1. The van der Waals surface area contributed by atoms with Gasteiger partial charge in [0.2, 0.25) is 0 Å². The van der Waals surface area contributed by atoms with Gasteiger partial charge in [0.25, 0.3) is 5.91 Å². The Balaban J connectivity index is 1.35. The number of hydrogen-bond acceptors (Lipinski definition) is 4. The summed E-state index contributed by atoms with van der Waals surface area (Å²) in [5, 5.41) is 0. The Morgan fingerprint density at radius 2 is 1.89 bits per heavy atom. The maximum Gasteiger partial charge on any atom is 0.254 e. The maximum atomic E-state index is 13.0. The third-order valence-electron chi connectivity index (χ3n) is 5.54. The minimum absolute atomic E-state index is 0.149. The molecule has 5 nitrogen and oxygen atoms in total. The number of hydrogen-bond donors (Lipinski definition) is 0. The molecular weight excluding hydrogens is 338 g/mol. The number of nitrogens with zero attached hydrogens (tertiary/aromatic N) is 3. The van der Waals surface area contributed by atoms with Gasteiger partial charge in [-0.1, -0.05) is 6.07 Å². The fourth-order valence-corrected chi connectivity index (χ4v) is 4.07. The summed E-state index contributed by atoms with van der Waals surface area (Å²) in [6.07, 6.45) is 8.36. The molecule has 1 atom stereocenters. The molecule has 2 saturated heterocycles. The van der Waals surface area contributed by atoms with Crippen molar-refractivity contribution < 1.29 is 9.53 Å². The number of aromatic nitrogens is 1. The molecule has 27 heavy (non-hydrogen) atoms. The summed E-state index contributed by atoms with van der Waals surface area (Å²) in [4.78, 5) is 21.6. The first-order chi connectivity index (χ1) is 13.3. The number of pyridine rings is 1. The summed E-state index contributed by atoms with van der Waals surface area (Å²) >= 11 is 0. The molecule has 2 fully saturated rings. The van der Waals surface area contributed by atoms with E-state index < -0.39 is 0 Å². The lowest BCUT2D eigenvalue weighted by Crippen LogP contribution is -2.42. The average Bonchev–Trinajstić information content (AvgIpc) is 3.40. The van der Waals surface area contributed by atoms with Crippen molar-refractivity contribution in [1.29, 1.82) is 0 Å². The molecule has 1 aromatic carbocycles. The number of amides is 1. The van der Waals surface area contributed by atoms with Gasteiger partial charge in [-0.05, 0) is 69.1 Å². The molecule has 2 aliphatic heterocycles. The SMILES string of the molecule is O=C(c1ccc(OCc2cccnc2)cc1)N1CCC[C@H]1CN1CCCC1. The smallest absolute Gasteiger partial charge is 0.254 e. The molecule has 3 heterocycles. The van der Waals surface area contributed by atoms with Crippen LogP contribution in [0.2, 0.25) is 0 Å². The number of carbonyl (C=O) groups is 1. The Hall–Kier alpha value is -2.40. The lowest BCUT2D eigenvalue weighted by molar-refractivity contribution is 0.0708. The topological polar surface area (TPSA) is 45.7 Å². The summed E-state index contributed by atoms with van der Waals surface area (Å²) in [6.45, 7) is 4.74. The molecule has 0 radical (unpaired) electrons. The van der Waals surface area contributed by atoms with Crippen LogP contribution in [0.15, 0.2) is 48.8 Å². The van der Waals surface area contributed by atoms with Gasteiger partial charge in [0.05, 0.1) is 0 Å². The fourth-order valence-electron chi connectivity index (χ4n) is 4.07. The second kappa shape index (κ2) is 8.53. The van der Waals surface area contributed by atoms with Crippen LogP contribution in [0.5, 0.6) is 5.75 Å². The summed E-state index contributed by atoms with van der Waals surface area (Å²) in [5.74, 6) is 0.918. The molecule has 0 spiro atoms. The van der Waals surface area contributed by atoms with Gasteiger partial charge < -0.3 is 14.5 Å². The molecule has 0 aliphatic carbocycles. The Bertz CT molecular complexity index is 742. The van der Waals surface area contributed by atoms with Crippen LogP contribution in [0.25, 0.3) is 0 Å². The minimum atomic E-state index is 0.149. The molecule has 0 unspecified atom stereocenters. The van der Waals surface area contributed by atoms with E-state index in [1.807, 2.05) is 36.4 Å². The highest BCUT2D eigenvalue weighted by molar-refractivity contribution is 5.94. The Morgan fingerprint density at radius 3 is 2.63 bits per heavy atom. The highest BCUT2D eigenvalue weighted by Crippen LogP contribution is 2.23. The van der Waals surface area contributed by atoms with E-state index in [1.165, 1.54) is 25.9 Å². The second-order valence-electron chi connectivity index (χ2n) is 7.48. The predicted molar refractivity (Wildman–Crippen MR) is 105 cm³/mol. The van der Waals surface area contributed by atoms with E-state index in [1.54, 1.807) is 12.4 Å². The second-order valence-corrected chi connectivity index (χ2v) is 7.48. The zero-order chi connectivity index (χ0) is 18.5. The van der Waals surface area contributed by atoms with Crippen LogP contribution >= 0.6 is 0 Å². The molecule has 0 bridgehead atoms. The van der Waals surface area contributed by atoms with Crippen molar-refractivity contribution in [1.82, 2.24) is 14.8 Å². The molecule has 4 rings (SSSR count). The quantitative estimate of drug-likeness (QED) is 0.787. The largest absolute Gasteiger partial charge is 0.489 e. The zero-order valence-corrected chi connectivity index (χ0v) is 15.7. The third kappa shape index (κ3) is 4.48. The van der Waals surface area contributed by atoms with Crippen molar-refractivity contribution >= 4 is 5.91 Å². The van der Waals surface area contributed by atoms with Gasteiger partial charge in [-0.3, -0.25) is 9.78 Å². The van der Waals surface area contributed by atoms with E-state index in [4.69, 9.17) is 4.74 Å². The lowest BCUT2D eigenvalue weighted by Gasteiger charge is -2.28. The molecule has 2 aromatic rings. The Kier molecular flexibility index (Phi) is 5.68. The van der Waals surface area contributed by atoms with E-state index in [-0.39, 0.29) is 5.91 Å². The van der Waals surface area contributed by atoms with E-state index in [9.17, 15) is 4.79 Å². The van der Waals surface area contributed by atoms with Crippen molar-refractivity contribution in [3.05, 3.63) is 59.9 Å². The van der Waals surface area contributed by atoms with Crippen LogP contribution in [0.3, 0.4) is 0 Å². The first kappa shape index (κ1) is 18.0. The van der Waals surface area contributed by atoms with Gasteiger partial charge in [-0.15, -0.1) is 0 Å². The van der Waals surface area contributed by atoms with Crippen LogP contribution in [-0.2, 0) is 6.61 Å². The van der Waals surface area contributed by atoms with Crippen molar-refractivity contribution in [3.63, 3.8) is 0 Å². The highest BCUT2D eigenvalue weighted by Gasteiger charge is 2.31. The van der Waals surface area contributed by atoms with E-state index in [2.05, 4.69) is 14.8 Å². The van der Waals surface area contributed by atoms with Gasteiger partial charge in [-0.2, -0.15) is 0 Å². The summed E-state index contributed by atoms with van der Waals surface area (Å²) in [6, 6.07) is 11.8. The first-order valence-electron chi connectivity index (χ1n) is 9.95. The number of rotatable bonds is 6. The predicted octanol–water partition coefficient (Wildman–Crippen LogP) is 3.36. The standard InChI is InChI=1S/C22H27N3O2/c26-22(25-14-4-6-20(25)16-24-12-1-2-13-24)19-7-9-21(10-8-19)27-17-18-5-3-11-23-15-18/h3,5,7-11,15,20H,1-2,4,6,12-14,16-17H2/t20-/m0/s1. The molecule has 0 N–H and O–H groups in total. The van der Waals surface area contributed by atoms with Gasteiger partial charge in [0.15, 0.2) is 0 Å². The number of likely N-dealkylation sites (tertiary alicyclic amines) is 2. The summed E-state index contributed by atoms with van der Waals surface area (Å²) in [7, 11) is 0. The fraction of sp³-hybridized carbons (Fsp3) is 0.455. The van der Waals surface area contributed by atoms with Gasteiger partial charge in [0.1, 0.15) is 12.4 Å². The molecule has 2 aliphatic rings. The van der Waals surface area contributed by atoms with E-state index >= 15 is 0 Å². The Labute approximate surface area is 161 Å². The van der Waals surface area contributed by atoms with Crippen molar-refractivity contribution in [2.24, 2.45) is 0 Å². The van der Waals surface area contributed by atoms with Gasteiger partial charge >= 0.3 is 0 Å². The zero-order valence-electron chi connectivity index (χ0n) is 15.7. The summed E-state index contributed by atoms with van der Waals surface area (Å²) < 4.78 is 5.79. The molecule has 142 valence electrons. The average molecular weight is 365 g/mol. The van der Waals surface area contributed by atoms with Gasteiger partial charge in [-0.25, -0.2) is 0 Å². The number of benzene rings is 1. The number of carbonyl (C=O) groups excluding carboxylic acids is 1. The maximum absolute atomic E-state index is 13.0. The van der Waals surface area contributed by atoms with E-state index in [0.29, 0.717) is 12.6 Å². The van der Waals surface area contributed by atoms with Crippen molar-refractivity contribution in [2.45, 2.75) is 38.3 Å². The first-order valence-corrected chi connectivity index (χ1v) is 9.95. The molecule has 5 heteroatoms. The van der Waals surface area contributed by atoms with Crippen LogP contribution in [0.4, 0.5) is 0 Å². The number of ether oxygens (including phenoxy) is 1. The van der Waals surface area contributed by atoms with E-state index in [0.717, 1.165) is 42.8 Å².